The molecule has 9 nitrogen and oxygen atoms in total. The van der Waals surface area contributed by atoms with Gasteiger partial charge in [-0.1, -0.05) is 13.8 Å². The van der Waals surface area contributed by atoms with Crippen molar-refractivity contribution in [3.8, 4) is 0 Å². The summed E-state index contributed by atoms with van der Waals surface area (Å²) in [5.74, 6) is -0.290. The van der Waals surface area contributed by atoms with Crippen LogP contribution in [0.1, 0.15) is 51.9 Å². The lowest BCUT2D eigenvalue weighted by Gasteiger charge is -2.21. The average molecular weight is 452 g/mol. The summed E-state index contributed by atoms with van der Waals surface area (Å²) >= 11 is 0. The number of carbonyl (C=O) groups is 2. The Hall–Kier alpha value is -2.46. The van der Waals surface area contributed by atoms with E-state index in [1.807, 2.05) is 27.7 Å². The molecule has 0 spiro atoms. The van der Waals surface area contributed by atoms with Crippen molar-refractivity contribution in [3.63, 3.8) is 0 Å². The van der Waals surface area contributed by atoms with Gasteiger partial charge < -0.3 is 9.80 Å². The minimum absolute atomic E-state index is 0.0738. The largest absolute Gasteiger partial charge is 0.339 e. The molecule has 2 aromatic rings. The van der Waals surface area contributed by atoms with Crippen molar-refractivity contribution in [2.24, 2.45) is 0 Å². The maximum atomic E-state index is 13.5. The number of carbonyl (C=O) groups excluding carboxylic acids is 2. The van der Waals surface area contributed by atoms with E-state index in [9.17, 15) is 18.0 Å². The van der Waals surface area contributed by atoms with E-state index < -0.39 is 10.0 Å². The second kappa shape index (κ2) is 10.2. The molecular weight excluding hydrogens is 418 g/mol. The summed E-state index contributed by atoms with van der Waals surface area (Å²) in [7, 11) is -3.94. The molecule has 0 saturated carbocycles. The van der Waals surface area contributed by atoms with Crippen LogP contribution in [0.3, 0.4) is 0 Å². The minimum Gasteiger partial charge on any atom is -0.339 e. The van der Waals surface area contributed by atoms with Crippen LogP contribution in [0.15, 0.2) is 23.4 Å². The van der Waals surface area contributed by atoms with Crippen molar-refractivity contribution in [2.75, 3.05) is 39.3 Å². The fourth-order valence-electron chi connectivity index (χ4n) is 3.67. The quantitative estimate of drug-likeness (QED) is 0.584. The lowest BCUT2D eigenvalue weighted by atomic mass is 10.1. The molecule has 0 aromatic carbocycles. The molecule has 0 saturated heterocycles. The van der Waals surface area contributed by atoms with Crippen molar-refractivity contribution < 1.29 is 18.0 Å². The van der Waals surface area contributed by atoms with Gasteiger partial charge in [-0.05, 0) is 33.8 Å². The van der Waals surface area contributed by atoms with Crippen molar-refractivity contribution >= 4 is 33.0 Å². The van der Waals surface area contributed by atoms with Gasteiger partial charge in [0.15, 0.2) is 0 Å². The standard InChI is InChI=1S/C21H33N5O4S/c1-7-23(8-2)20(27)16-13-14-22-19-18(16)17(31(29,30)25(11-5)12-6)15-26(19)21(28)24(9-3)10-4/h13-15H,7-12H2,1-6H3. The Labute approximate surface area is 184 Å². The van der Waals surface area contributed by atoms with Crippen LogP contribution in [0.4, 0.5) is 4.79 Å². The third-order valence-corrected chi connectivity index (χ3v) is 7.56. The third-order valence-electron chi connectivity index (χ3n) is 5.50. The van der Waals surface area contributed by atoms with Gasteiger partial charge in [-0.15, -0.1) is 0 Å². The first-order valence-electron chi connectivity index (χ1n) is 10.8. The van der Waals surface area contributed by atoms with Crippen LogP contribution < -0.4 is 0 Å². The number of fused-ring (bicyclic) bond motifs is 1. The Kier molecular flexibility index (Phi) is 8.19. The number of aromatic nitrogens is 2. The highest BCUT2D eigenvalue weighted by Gasteiger charge is 2.32. The number of sulfonamides is 1. The summed E-state index contributed by atoms with van der Waals surface area (Å²) in [6.45, 7) is 13.4. The molecule has 0 aliphatic rings. The summed E-state index contributed by atoms with van der Waals surface area (Å²) in [4.78, 5) is 33.8. The zero-order valence-corrected chi connectivity index (χ0v) is 20.1. The molecule has 0 aliphatic carbocycles. The van der Waals surface area contributed by atoms with Crippen LogP contribution in [0.2, 0.25) is 0 Å². The second-order valence-corrected chi connectivity index (χ2v) is 8.85. The number of pyridine rings is 1. The predicted octanol–water partition coefficient (Wildman–Crippen LogP) is 2.86. The molecule has 0 atom stereocenters. The van der Waals surface area contributed by atoms with Gasteiger partial charge in [0.1, 0.15) is 10.5 Å². The van der Waals surface area contributed by atoms with Gasteiger partial charge in [-0.25, -0.2) is 18.2 Å². The van der Waals surface area contributed by atoms with Crippen LogP contribution in [0.25, 0.3) is 11.0 Å². The van der Waals surface area contributed by atoms with Gasteiger partial charge in [-0.2, -0.15) is 4.31 Å². The van der Waals surface area contributed by atoms with E-state index in [-0.39, 0.29) is 46.5 Å². The average Bonchev–Trinajstić information content (AvgIpc) is 3.16. The molecule has 0 unspecified atom stereocenters. The predicted molar refractivity (Wildman–Crippen MR) is 121 cm³/mol. The topological polar surface area (TPSA) is 95.8 Å². The van der Waals surface area contributed by atoms with Gasteiger partial charge >= 0.3 is 6.03 Å². The maximum Gasteiger partial charge on any atom is 0.329 e. The van der Waals surface area contributed by atoms with Crippen molar-refractivity contribution in [1.82, 2.24) is 23.7 Å². The Morgan fingerprint density at radius 3 is 1.94 bits per heavy atom. The maximum absolute atomic E-state index is 13.5. The Morgan fingerprint density at radius 2 is 1.45 bits per heavy atom. The summed E-state index contributed by atoms with van der Waals surface area (Å²) in [6.07, 6.45) is 2.75. The molecule has 0 fully saturated rings. The smallest absolute Gasteiger partial charge is 0.329 e. The fraction of sp³-hybridized carbons (Fsp3) is 0.571. The normalized spacial score (nSPS) is 11.8. The third kappa shape index (κ3) is 4.45. The van der Waals surface area contributed by atoms with Crippen LogP contribution >= 0.6 is 0 Å². The molecule has 10 heteroatoms. The van der Waals surface area contributed by atoms with Crippen LogP contribution in [-0.2, 0) is 10.0 Å². The van der Waals surface area contributed by atoms with E-state index in [0.717, 1.165) is 0 Å². The minimum atomic E-state index is -3.94. The summed E-state index contributed by atoms with van der Waals surface area (Å²) in [6, 6.07) is 1.15. The Bertz CT molecular complexity index is 1040. The summed E-state index contributed by atoms with van der Waals surface area (Å²) < 4.78 is 29.5. The lowest BCUT2D eigenvalue weighted by Crippen LogP contribution is -2.34. The molecule has 0 aliphatic heterocycles. The highest BCUT2D eigenvalue weighted by molar-refractivity contribution is 7.89. The lowest BCUT2D eigenvalue weighted by molar-refractivity contribution is 0.0774. The number of nitrogens with zero attached hydrogens (tertiary/aromatic N) is 5. The summed E-state index contributed by atoms with van der Waals surface area (Å²) in [5, 5.41) is 0.187. The molecule has 2 aromatic heterocycles. The van der Waals surface area contributed by atoms with Crippen LogP contribution in [-0.4, -0.2) is 83.3 Å². The van der Waals surface area contributed by atoms with Crippen molar-refractivity contribution in [1.29, 1.82) is 0 Å². The van der Waals surface area contributed by atoms with Gasteiger partial charge in [-0.3, -0.25) is 9.36 Å². The number of rotatable bonds is 9. The van der Waals surface area contributed by atoms with Gasteiger partial charge in [0.2, 0.25) is 10.0 Å². The first kappa shape index (κ1) is 24.8. The Balaban J connectivity index is 2.91. The fourth-order valence-corrected chi connectivity index (χ4v) is 5.32. The van der Waals surface area contributed by atoms with E-state index in [4.69, 9.17) is 0 Å². The zero-order valence-electron chi connectivity index (χ0n) is 19.3. The molecule has 2 amide bonds. The monoisotopic (exact) mass is 451 g/mol. The molecule has 172 valence electrons. The van der Waals surface area contributed by atoms with Crippen LogP contribution in [0.5, 0.6) is 0 Å². The molecule has 31 heavy (non-hydrogen) atoms. The van der Waals surface area contributed by atoms with E-state index in [1.165, 1.54) is 27.3 Å². The highest BCUT2D eigenvalue weighted by Crippen LogP contribution is 2.31. The van der Waals surface area contributed by atoms with Gasteiger partial charge in [0.25, 0.3) is 5.91 Å². The van der Waals surface area contributed by atoms with Gasteiger partial charge in [0.05, 0.1) is 10.9 Å². The Morgan fingerprint density at radius 1 is 0.903 bits per heavy atom. The van der Waals surface area contributed by atoms with Gasteiger partial charge in [0, 0.05) is 51.7 Å². The van der Waals surface area contributed by atoms with E-state index >= 15 is 0 Å². The molecule has 2 rings (SSSR count). The van der Waals surface area contributed by atoms with E-state index in [2.05, 4.69) is 4.98 Å². The van der Waals surface area contributed by atoms with Crippen molar-refractivity contribution in [2.45, 2.75) is 46.4 Å². The second-order valence-electron chi connectivity index (χ2n) is 6.94. The molecular formula is C21H33N5O4S. The molecule has 0 N–H and O–H groups in total. The zero-order chi connectivity index (χ0) is 23.3. The van der Waals surface area contributed by atoms with Crippen molar-refractivity contribution in [3.05, 3.63) is 24.0 Å². The number of hydrogen-bond acceptors (Lipinski definition) is 5. The number of hydrogen-bond donors (Lipinski definition) is 0. The van der Waals surface area contributed by atoms with E-state index in [1.54, 1.807) is 23.6 Å². The molecule has 0 radical (unpaired) electrons. The first-order chi connectivity index (χ1) is 14.7. The SMILES string of the molecule is CCN(CC)C(=O)c1ccnc2c1c(S(=O)(=O)N(CC)CC)cn2C(=O)N(CC)CC. The van der Waals surface area contributed by atoms with Crippen LogP contribution in [0, 0.1) is 0 Å². The molecule has 0 bridgehead atoms. The highest BCUT2D eigenvalue weighted by atomic mass is 32.2. The number of amides is 2. The first-order valence-corrected chi connectivity index (χ1v) is 12.3. The summed E-state index contributed by atoms with van der Waals surface area (Å²) in [5.41, 5.74) is 0.395. The molecule has 2 heterocycles. The van der Waals surface area contributed by atoms with E-state index in [0.29, 0.717) is 26.2 Å².